The van der Waals surface area contributed by atoms with Gasteiger partial charge in [-0.05, 0) is 12.0 Å². The number of benzene rings is 1. The summed E-state index contributed by atoms with van der Waals surface area (Å²) in [4.78, 5) is 0. The Morgan fingerprint density at radius 2 is 2.10 bits per heavy atom. The number of aliphatic hydroxyl groups excluding tert-OH is 1. The topological polar surface area (TPSA) is 60.9 Å². The van der Waals surface area contributed by atoms with Crippen molar-refractivity contribution in [2.24, 2.45) is 5.92 Å². The van der Waals surface area contributed by atoms with E-state index < -0.39 is 0 Å². The molecule has 3 N–H and O–H groups in total. The second-order valence-electron chi connectivity index (χ2n) is 5.19. The summed E-state index contributed by atoms with van der Waals surface area (Å²) in [6.07, 6.45) is 7.07. The maximum absolute atomic E-state index is 9.13. The van der Waals surface area contributed by atoms with Crippen LogP contribution in [0.4, 0.5) is 0 Å². The summed E-state index contributed by atoms with van der Waals surface area (Å²) in [7, 11) is 0. The van der Waals surface area contributed by atoms with Crippen molar-refractivity contribution in [3.8, 4) is 11.3 Å². The lowest BCUT2D eigenvalue weighted by Crippen LogP contribution is -2.26. The van der Waals surface area contributed by atoms with Gasteiger partial charge in [-0.2, -0.15) is 5.10 Å². The maximum atomic E-state index is 9.13. The van der Waals surface area contributed by atoms with Crippen LogP contribution in [-0.4, -0.2) is 28.0 Å². The second-order valence-corrected chi connectivity index (χ2v) is 5.19. The van der Waals surface area contributed by atoms with Gasteiger partial charge in [0, 0.05) is 30.7 Å². The molecule has 0 saturated carbocycles. The van der Waals surface area contributed by atoms with Crippen molar-refractivity contribution in [3.05, 3.63) is 54.2 Å². The molecule has 0 spiro atoms. The van der Waals surface area contributed by atoms with E-state index in [0.717, 1.165) is 29.8 Å². The Hall–Kier alpha value is -1.91. The van der Waals surface area contributed by atoms with Crippen molar-refractivity contribution >= 4 is 0 Å². The van der Waals surface area contributed by atoms with Crippen molar-refractivity contribution in [1.29, 1.82) is 0 Å². The number of nitrogens with one attached hydrogen (secondary N) is 2. The van der Waals surface area contributed by atoms with E-state index in [2.05, 4.69) is 39.8 Å². The fraction of sp³-hybridized carbons (Fsp3) is 0.312. The highest BCUT2D eigenvalue weighted by atomic mass is 16.3. The lowest BCUT2D eigenvalue weighted by Gasteiger charge is -2.12. The zero-order valence-electron chi connectivity index (χ0n) is 11.3. The number of aromatic amines is 1. The first-order valence-corrected chi connectivity index (χ1v) is 6.97. The highest BCUT2D eigenvalue weighted by molar-refractivity contribution is 5.62. The van der Waals surface area contributed by atoms with Crippen LogP contribution in [-0.2, 0) is 6.54 Å². The molecular weight excluding hydrogens is 250 g/mol. The summed E-state index contributed by atoms with van der Waals surface area (Å²) in [6.45, 7) is 1.00. The fourth-order valence-corrected chi connectivity index (χ4v) is 2.60. The number of hydrogen-bond donors (Lipinski definition) is 3. The highest BCUT2D eigenvalue weighted by Gasteiger charge is 2.18. The van der Waals surface area contributed by atoms with Gasteiger partial charge in [-0.25, -0.2) is 0 Å². The molecule has 0 saturated heterocycles. The van der Waals surface area contributed by atoms with Crippen LogP contribution in [0.1, 0.15) is 12.0 Å². The number of nitrogens with zero attached hydrogens (tertiary/aromatic N) is 1. The Morgan fingerprint density at radius 3 is 2.85 bits per heavy atom. The van der Waals surface area contributed by atoms with Gasteiger partial charge in [-0.15, -0.1) is 0 Å². The molecule has 1 aliphatic carbocycles. The summed E-state index contributed by atoms with van der Waals surface area (Å²) < 4.78 is 0. The minimum absolute atomic E-state index is 0.232. The molecule has 3 rings (SSSR count). The summed E-state index contributed by atoms with van der Waals surface area (Å²) in [5, 5.41) is 19.9. The van der Waals surface area contributed by atoms with Crippen molar-refractivity contribution in [1.82, 2.24) is 15.5 Å². The molecular formula is C16H19N3O. The van der Waals surface area contributed by atoms with Gasteiger partial charge >= 0.3 is 0 Å². The second kappa shape index (κ2) is 6.03. The van der Waals surface area contributed by atoms with E-state index in [1.165, 1.54) is 0 Å². The molecule has 4 nitrogen and oxygen atoms in total. The molecule has 20 heavy (non-hydrogen) atoms. The first-order valence-electron chi connectivity index (χ1n) is 6.97. The molecule has 1 aromatic carbocycles. The van der Waals surface area contributed by atoms with Crippen molar-refractivity contribution in [3.63, 3.8) is 0 Å². The molecule has 0 amide bonds. The molecule has 104 valence electrons. The van der Waals surface area contributed by atoms with E-state index in [1.54, 1.807) is 0 Å². The van der Waals surface area contributed by atoms with Crippen LogP contribution in [0.25, 0.3) is 11.3 Å². The summed E-state index contributed by atoms with van der Waals surface area (Å²) in [5.41, 5.74) is 3.38. The van der Waals surface area contributed by atoms with E-state index in [4.69, 9.17) is 5.11 Å². The number of hydrogen-bond acceptors (Lipinski definition) is 3. The molecule has 1 aliphatic rings. The monoisotopic (exact) mass is 269 g/mol. The van der Waals surface area contributed by atoms with Crippen molar-refractivity contribution < 1.29 is 5.11 Å². The number of aromatic nitrogens is 2. The number of rotatable bonds is 5. The molecule has 1 aromatic heterocycles. The van der Waals surface area contributed by atoms with E-state index >= 15 is 0 Å². The molecule has 0 bridgehead atoms. The molecule has 1 heterocycles. The fourth-order valence-electron chi connectivity index (χ4n) is 2.60. The largest absolute Gasteiger partial charge is 0.396 e. The van der Waals surface area contributed by atoms with Gasteiger partial charge in [-0.3, -0.25) is 5.10 Å². The first-order chi connectivity index (χ1) is 9.86. The van der Waals surface area contributed by atoms with E-state index in [0.29, 0.717) is 12.0 Å². The smallest absolute Gasteiger partial charge is 0.0695 e. The lowest BCUT2D eigenvalue weighted by molar-refractivity contribution is 0.246. The Balaban J connectivity index is 1.65. The van der Waals surface area contributed by atoms with Crippen molar-refractivity contribution in [2.45, 2.75) is 19.0 Å². The minimum atomic E-state index is 0.232. The van der Waals surface area contributed by atoms with Crippen LogP contribution in [0.2, 0.25) is 0 Å². The third kappa shape index (κ3) is 2.81. The molecule has 0 aliphatic heterocycles. The minimum Gasteiger partial charge on any atom is -0.396 e. The van der Waals surface area contributed by atoms with Gasteiger partial charge < -0.3 is 10.4 Å². The third-order valence-corrected chi connectivity index (χ3v) is 3.74. The quantitative estimate of drug-likeness (QED) is 0.729. The normalized spacial score (nSPS) is 21.4. The predicted molar refractivity (Wildman–Crippen MR) is 79.0 cm³/mol. The van der Waals surface area contributed by atoms with Gasteiger partial charge in [0.1, 0.15) is 0 Å². The predicted octanol–water partition coefficient (Wildman–Crippen LogP) is 2.10. The average molecular weight is 269 g/mol. The molecule has 0 unspecified atom stereocenters. The molecule has 4 heteroatoms. The SMILES string of the molecule is OC[C@H]1C=C[C@@H](NCc2cn[nH]c2-c2ccccc2)C1. The zero-order chi connectivity index (χ0) is 13.8. The van der Waals surface area contributed by atoms with Gasteiger partial charge in [0.15, 0.2) is 0 Å². The van der Waals surface area contributed by atoms with Crippen LogP contribution in [0.5, 0.6) is 0 Å². The number of H-pyrrole nitrogens is 1. The average Bonchev–Trinajstić information content (AvgIpc) is 3.15. The molecule has 2 atom stereocenters. The van der Waals surface area contributed by atoms with Gasteiger partial charge in [-0.1, -0.05) is 42.5 Å². The van der Waals surface area contributed by atoms with Gasteiger partial charge in [0.2, 0.25) is 0 Å². The van der Waals surface area contributed by atoms with E-state index in [-0.39, 0.29) is 6.61 Å². The highest BCUT2D eigenvalue weighted by Crippen LogP contribution is 2.22. The Bertz CT molecular complexity index is 576. The Kier molecular flexibility index (Phi) is 3.95. The molecule has 0 radical (unpaired) electrons. The summed E-state index contributed by atoms with van der Waals surface area (Å²) >= 11 is 0. The van der Waals surface area contributed by atoms with E-state index in [9.17, 15) is 0 Å². The van der Waals surface area contributed by atoms with Crippen LogP contribution < -0.4 is 5.32 Å². The third-order valence-electron chi connectivity index (χ3n) is 3.74. The van der Waals surface area contributed by atoms with Crippen LogP contribution in [0.15, 0.2) is 48.7 Å². The lowest BCUT2D eigenvalue weighted by atomic mass is 10.1. The summed E-state index contributed by atoms with van der Waals surface area (Å²) in [6, 6.07) is 10.6. The zero-order valence-corrected chi connectivity index (χ0v) is 11.3. The van der Waals surface area contributed by atoms with Crippen molar-refractivity contribution in [2.75, 3.05) is 6.61 Å². The van der Waals surface area contributed by atoms with Crippen LogP contribution >= 0.6 is 0 Å². The molecule has 2 aromatic rings. The Labute approximate surface area is 118 Å². The first kappa shape index (κ1) is 13.1. The van der Waals surface area contributed by atoms with E-state index in [1.807, 2.05) is 24.4 Å². The Morgan fingerprint density at radius 1 is 1.25 bits per heavy atom. The summed E-state index contributed by atoms with van der Waals surface area (Å²) in [5.74, 6) is 0.297. The molecule has 0 fully saturated rings. The van der Waals surface area contributed by atoms with Crippen LogP contribution in [0, 0.1) is 5.92 Å². The standard InChI is InChI=1S/C16H19N3O/c20-11-12-6-7-15(8-12)17-9-14-10-18-19-16(14)13-4-2-1-3-5-13/h1-7,10,12,15,17,20H,8-9,11H2,(H,18,19)/t12-,15+/m0/s1. The number of aliphatic hydroxyl groups is 1. The van der Waals surface area contributed by atoms with Gasteiger partial charge in [0.05, 0.1) is 11.9 Å². The maximum Gasteiger partial charge on any atom is 0.0695 e. The van der Waals surface area contributed by atoms with Gasteiger partial charge in [0.25, 0.3) is 0 Å². The van der Waals surface area contributed by atoms with Crippen LogP contribution in [0.3, 0.4) is 0 Å².